The summed E-state index contributed by atoms with van der Waals surface area (Å²) in [6, 6.07) is 0. The van der Waals surface area contributed by atoms with Crippen molar-refractivity contribution in [3.63, 3.8) is 0 Å². The minimum atomic E-state index is 0.0833. The second-order valence-electron chi connectivity index (χ2n) is 1.23. The standard InChI is InChI=1S/C3H6O.C2H2/c4-3-1-2-3;1-2/h3-4H,1-2H2;1-2H. The molecule has 0 aromatic heterocycles. The van der Waals surface area contributed by atoms with Crippen LogP contribution in [0, 0.1) is 12.8 Å². The largest absolute Gasteiger partial charge is 0.393 e. The highest BCUT2D eigenvalue weighted by Gasteiger charge is 2.15. The molecule has 0 bridgehead atoms. The van der Waals surface area contributed by atoms with Crippen LogP contribution in [0.3, 0.4) is 0 Å². The van der Waals surface area contributed by atoms with Crippen LogP contribution in [0.2, 0.25) is 0 Å². The Hall–Kier alpha value is -0.480. The Morgan fingerprint density at radius 1 is 1.33 bits per heavy atom. The maximum absolute atomic E-state index is 8.17. The Morgan fingerprint density at radius 2 is 1.50 bits per heavy atom. The normalized spacial score (nSPS) is 17.8. The van der Waals surface area contributed by atoms with Crippen LogP contribution >= 0.6 is 0 Å². The first kappa shape index (κ1) is 5.52. The van der Waals surface area contributed by atoms with Gasteiger partial charge in [0.2, 0.25) is 0 Å². The molecule has 0 radical (unpaired) electrons. The second-order valence-corrected chi connectivity index (χ2v) is 1.23. The van der Waals surface area contributed by atoms with Crippen LogP contribution < -0.4 is 0 Å². The Bertz CT molecular complexity index is 43.1. The zero-order valence-electron chi connectivity index (χ0n) is 3.59. The minimum Gasteiger partial charge on any atom is -0.393 e. The van der Waals surface area contributed by atoms with Crippen LogP contribution in [0.1, 0.15) is 12.8 Å². The van der Waals surface area contributed by atoms with E-state index in [4.69, 9.17) is 5.11 Å². The minimum absolute atomic E-state index is 0.0833. The van der Waals surface area contributed by atoms with Gasteiger partial charge in [0.1, 0.15) is 0 Å². The van der Waals surface area contributed by atoms with Crippen molar-refractivity contribution in [2.24, 2.45) is 0 Å². The summed E-state index contributed by atoms with van der Waals surface area (Å²) >= 11 is 0. The average Bonchev–Trinajstić information content (AvgIpc) is 2.30. The van der Waals surface area contributed by atoms with E-state index >= 15 is 0 Å². The van der Waals surface area contributed by atoms with Crippen LogP contribution in [-0.4, -0.2) is 11.2 Å². The molecule has 0 spiro atoms. The third kappa shape index (κ3) is 3.52. The lowest BCUT2D eigenvalue weighted by Crippen LogP contribution is -1.65. The maximum atomic E-state index is 8.17. The van der Waals surface area contributed by atoms with Gasteiger partial charge in [0, 0.05) is 0 Å². The van der Waals surface area contributed by atoms with E-state index in [0.717, 1.165) is 12.8 Å². The quantitative estimate of drug-likeness (QED) is 0.421. The Labute approximate surface area is 38.0 Å². The van der Waals surface area contributed by atoms with Gasteiger partial charge in [-0.3, -0.25) is 0 Å². The molecule has 1 nitrogen and oxygen atoms in total. The SMILES string of the molecule is C#C.OC1CC1. The summed E-state index contributed by atoms with van der Waals surface area (Å²) in [5.74, 6) is 0. The highest BCUT2D eigenvalue weighted by Crippen LogP contribution is 2.16. The van der Waals surface area contributed by atoms with E-state index in [1.54, 1.807) is 0 Å². The molecule has 0 aromatic carbocycles. The number of aliphatic hydroxyl groups excluding tert-OH is 1. The molecule has 1 fully saturated rings. The van der Waals surface area contributed by atoms with Gasteiger partial charge in [-0.25, -0.2) is 0 Å². The third-order valence-electron chi connectivity index (χ3n) is 0.547. The highest BCUT2D eigenvalue weighted by molar-refractivity contribution is 4.68. The molecule has 0 atom stereocenters. The van der Waals surface area contributed by atoms with Crippen molar-refractivity contribution in [1.29, 1.82) is 0 Å². The second kappa shape index (κ2) is 2.74. The molecule has 6 heavy (non-hydrogen) atoms. The Kier molecular flexibility index (Phi) is 2.52. The predicted octanol–water partition coefficient (Wildman–Crippen LogP) is 0.391. The molecule has 1 saturated carbocycles. The van der Waals surface area contributed by atoms with Gasteiger partial charge >= 0.3 is 0 Å². The highest BCUT2D eigenvalue weighted by atomic mass is 16.3. The van der Waals surface area contributed by atoms with E-state index in [-0.39, 0.29) is 6.10 Å². The maximum Gasteiger partial charge on any atom is 0.0542 e. The Balaban J connectivity index is 0.000000112. The number of rotatable bonds is 0. The Morgan fingerprint density at radius 3 is 1.50 bits per heavy atom. The van der Waals surface area contributed by atoms with Crippen molar-refractivity contribution in [2.75, 3.05) is 0 Å². The number of terminal acetylenes is 1. The first-order valence-electron chi connectivity index (χ1n) is 1.91. The fraction of sp³-hybridized carbons (Fsp3) is 0.600. The van der Waals surface area contributed by atoms with Gasteiger partial charge in [-0.1, -0.05) is 0 Å². The molecule has 0 aromatic rings. The van der Waals surface area contributed by atoms with Gasteiger partial charge in [0.15, 0.2) is 0 Å². The van der Waals surface area contributed by atoms with Crippen molar-refractivity contribution in [1.82, 2.24) is 0 Å². The van der Waals surface area contributed by atoms with Gasteiger partial charge < -0.3 is 5.11 Å². The molecule has 0 heterocycles. The van der Waals surface area contributed by atoms with Crippen molar-refractivity contribution in [3.05, 3.63) is 0 Å². The summed E-state index contributed by atoms with van der Waals surface area (Å²) in [6.07, 6.45) is 10.2. The van der Waals surface area contributed by atoms with Crippen LogP contribution in [-0.2, 0) is 0 Å². The van der Waals surface area contributed by atoms with Crippen LogP contribution in [0.5, 0.6) is 0 Å². The van der Waals surface area contributed by atoms with Gasteiger partial charge in [0.05, 0.1) is 6.10 Å². The van der Waals surface area contributed by atoms with E-state index in [1.165, 1.54) is 0 Å². The first-order chi connectivity index (χ1) is 2.89. The van der Waals surface area contributed by atoms with Crippen molar-refractivity contribution < 1.29 is 5.11 Å². The van der Waals surface area contributed by atoms with E-state index in [2.05, 4.69) is 12.8 Å². The van der Waals surface area contributed by atoms with Crippen molar-refractivity contribution >= 4 is 0 Å². The van der Waals surface area contributed by atoms with Crippen molar-refractivity contribution in [3.8, 4) is 12.8 Å². The van der Waals surface area contributed by atoms with E-state index in [0.29, 0.717) is 0 Å². The monoisotopic (exact) mass is 84.1 g/mol. The fourth-order valence-corrected chi connectivity index (χ4v) is 0.0745. The molecular weight excluding hydrogens is 76.1 g/mol. The van der Waals surface area contributed by atoms with E-state index < -0.39 is 0 Å². The zero-order chi connectivity index (χ0) is 4.99. The van der Waals surface area contributed by atoms with Gasteiger partial charge in [0.25, 0.3) is 0 Å². The molecular formula is C5H8O. The lowest BCUT2D eigenvalue weighted by molar-refractivity contribution is 0.279. The smallest absolute Gasteiger partial charge is 0.0542 e. The molecule has 34 valence electrons. The summed E-state index contributed by atoms with van der Waals surface area (Å²) in [7, 11) is 0. The zero-order valence-corrected chi connectivity index (χ0v) is 3.59. The molecule has 1 rings (SSSR count). The van der Waals surface area contributed by atoms with Gasteiger partial charge in [-0.2, -0.15) is 0 Å². The molecule has 0 saturated heterocycles. The topological polar surface area (TPSA) is 20.2 Å². The summed E-state index contributed by atoms with van der Waals surface area (Å²) in [5.41, 5.74) is 0. The first-order valence-corrected chi connectivity index (χ1v) is 1.91. The summed E-state index contributed by atoms with van der Waals surface area (Å²) < 4.78 is 0. The third-order valence-corrected chi connectivity index (χ3v) is 0.547. The van der Waals surface area contributed by atoms with Gasteiger partial charge in [-0.05, 0) is 12.8 Å². The summed E-state index contributed by atoms with van der Waals surface area (Å²) in [6.45, 7) is 0. The average molecular weight is 84.1 g/mol. The van der Waals surface area contributed by atoms with Crippen LogP contribution in [0.4, 0.5) is 0 Å². The predicted molar refractivity (Wildman–Crippen MR) is 25.1 cm³/mol. The molecule has 1 heteroatoms. The lowest BCUT2D eigenvalue weighted by atomic mass is 10.9. The van der Waals surface area contributed by atoms with Crippen molar-refractivity contribution in [2.45, 2.75) is 18.9 Å². The summed E-state index contributed by atoms with van der Waals surface area (Å²) in [4.78, 5) is 0. The lowest BCUT2D eigenvalue weighted by Gasteiger charge is -1.57. The van der Waals surface area contributed by atoms with Crippen LogP contribution in [0.15, 0.2) is 0 Å². The van der Waals surface area contributed by atoms with Gasteiger partial charge in [-0.15, -0.1) is 12.8 Å². The number of aliphatic hydroxyl groups is 1. The molecule has 0 amide bonds. The number of hydrogen-bond donors (Lipinski definition) is 1. The molecule has 1 aliphatic rings. The molecule has 1 N–H and O–H groups in total. The molecule has 0 unspecified atom stereocenters. The summed E-state index contributed by atoms with van der Waals surface area (Å²) in [5, 5.41) is 8.17. The molecule has 1 aliphatic carbocycles. The number of hydrogen-bond acceptors (Lipinski definition) is 1. The van der Waals surface area contributed by atoms with E-state index in [1.807, 2.05) is 0 Å². The van der Waals surface area contributed by atoms with E-state index in [9.17, 15) is 0 Å². The fourth-order valence-electron chi connectivity index (χ4n) is 0.0745. The molecule has 0 aliphatic heterocycles. The van der Waals surface area contributed by atoms with Crippen LogP contribution in [0.25, 0.3) is 0 Å².